The van der Waals surface area contributed by atoms with E-state index < -0.39 is 0 Å². The van der Waals surface area contributed by atoms with E-state index in [-0.39, 0.29) is 24.0 Å². The van der Waals surface area contributed by atoms with Crippen LogP contribution >= 0.6 is 24.0 Å². The van der Waals surface area contributed by atoms with Gasteiger partial charge in [0, 0.05) is 39.0 Å². The van der Waals surface area contributed by atoms with Crippen molar-refractivity contribution in [2.45, 2.75) is 13.5 Å². The maximum atomic E-state index is 5.25. The molecular weight excluding hydrogens is 371 g/mol. The van der Waals surface area contributed by atoms with Crippen molar-refractivity contribution in [1.29, 1.82) is 0 Å². The normalized spacial score (nSPS) is 10.7. The summed E-state index contributed by atoms with van der Waals surface area (Å²) in [6.07, 6.45) is 1.72. The van der Waals surface area contributed by atoms with Crippen molar-refractivity contribution in [2.24, 2.45) is 4.99 Å². The van der Waals surface area contributed by atoms with Crippen molar-refractivity contribution in [2.75, 3.05) is 33.9 Å². The van der Waals surface area contributed by atoms with Crippen molar-refractivity contribution >= 4 is 29.9 Å². The first-order valence-electron chi connectivity index (χ1n) is 6.31. The molecule has 0 radical (unpaired) electrons. The molecule has 0 atom stereocenters. The molecule has 6 nitrogen and oxygen atoms in total. The number of halogens is 1. The molecular formula is C13H23IN4O2. The van der Waals surface area contributed by atoms with Crippen molar-refractivity contribution in [3.8, 4) is 5.88 Å². The Morgan fingerprint density at radius 3 is 2.85 bits per heavy atom. The van der Waals surface area contributed by atoms with E-state index in [2.05, 4.69) is 20.6 Å². The largest absolute Gasteiger partial charge is 0.481 e. The number of ether oxygens (including phenoxy) is 2. The molecule has 0 aliphatic carbocycles. The van der Waals surface area contributed by atoms with Crippen LogP contribution in [0.25, 0.3) is 0 Å². The maximum absolute atomic E-state index is 5.25. The first-order valence-corrected chi connectivity index (χ1v) is 6.31. The van der Waals surface area contributed by atoms with Crippen LogP contribution in [0.4, 0.5) is 0 Å². The second-order valence-corrected chi connectivity index (χ2v) is 3.76. The van der Waals surface area contributed by atoms with Gasteiger partial charge >= 0.3 is 0 Å². The fourth-order valence-electron chi connectivity index (χ4n) is 1.46. The number of hydrogen-bond acceptors (Lipinski definition) is 4. The molecule has 0 saturated carbocycles. The fourth-order valence-corrected chi connectivity index (χ4v) is 1.46. The lowest BCUT2D eigenvalue weighted by Gasteiger charge is -2.12. The third kappa shape index (κ3) is 7.49. The van der Waals surface area contributed by atoms with Gasteiger partial charge in [-0.1, -0.05) is 0 Å². The highest BCUT2D eigenvalue weighted by Crippen LogP contribution is 2.07. The molecule has 1 rings (SSSR count). The SMILES string of the molecule is CCOCCNC(=NC)NCc1ccnc(OC)c1.I. The predicted octanol–water partition coefficient (Wildman–Crippen LogP) is 1.41. The molecule has 0 saturated heterocycles. The summed E-state index contributed by atoms with van der Waals surface area (Å²) in [6, 6.07) is 3.82. The zero-order valence-electron chi connectivity index (χ0n) is 12.2. The molecule has 0 amide bonds. The van der Waals surface area contributed by atoms with E-state index >= 15 is 0 Å². The summed E-state index contributed by atoms with van der Waals surface area (Å²) in [5.74, 6) is 1.36. The third-order valence-corrected chi connectivity index (χ3v) is 2.43. The van der Waals surface area contributed by atoms with E-state index in [4.69, 9.17) is 9.47 Å². The number of methoxy groups -OCH3 is 1. The summed E-state index contributed by atoms with van der Waals surface area (Å²) >= 11 is 0. The quantitative estimate of drug-likeness (QED) is 0.317. The number of nitrogens with one attached hydrogen (secondary N) is 2. The highest BCUT2D eigenvalue weighted by Gasteiger charge is 1.99. The van der Waals surface area contributed by atoms with Crippen LogP contribution in [0.3, 0.4) is 0 Å². The van der Waals surface area contributed by atoms with E-state index in [9.17, 15) is 0 Å². The van der Waals surface area contributed by atoms with Gasteiger partial charge in [-0.25, -0.2) is 4.98 Å². The number of aromatic nitrogens is 1. The van der Waals surface area contributed by atoms with Gasteiger partial charge in [-0.3, -0.25) is 4.99 Å². The molecule has 1 aromatic heterocycles. The highest BCUT2D eigenvalue weighted by atomic mass is 127. The van der Waals surface area contributed by atoms with E-state index in [1.165, 1.54) is 0 Å². The van der Waals surface area contributed by atoms with Gasteiger partial charge in [-0.05, 0) is 18.6 Å². The summed E-state index contributed by atoms with van der Waals surface area (Å²) in [6.45, 7) is 4.76. The van der Waals surface area contributed by atoms with Crippen LogP contribution in [0, 0.1) is 0 Å². The van der Waals surface area contributed by atoms with Crippen LogP contribution in [0.5, 0.6) is 5.88 Å². The Labute approximate surface area is 137 Å². The van der Waals surface area contributed by atoms with Crippen molar-refractivity contribution in [1.82, 2.24) is 15.6 Å². The number of pyridine rings is 1. The smallest absolute Gasteiger partial charge is 0.213 e. The Balaban J connectivity index is 0.00000361. The first kappa shape index (κ1) is 18.9. The number of aliphatic imine (C=N–C) groups is 1. The number of rotatable bonds is 7. The van der Waals surface area contributed by atoms with E-state index in [1.54, 1.807) is 20.4 Å². The van der Waals surface area contributed by atoms with Gasteiger partial charge in [0.05, 0.1) is 13.7 Å². The average molecular weight is 394 g/mol. The minimum absolute atomic E-state index is 0. The van der Waals surface area contributed by atoms with Gasteiger partial charge in [0.15, 0.2) is 5.96 Å². The molecule has 1 heterocycles. The Kier molecular flexibility index (Phi) is 11.1. The lowest BCUT2D eigenvalue weighted by Crippen LogP contribution is -2.38. The highest BCUT2D eigenvalue weighted by molar-refractivity contribution is 14.0. The predicted molar refractivity (Wildman–Crippen MR) is 90.9 cm³/mol. The summed E-state index contributed by atoms with van der Waals surface area (Å²) in [7, 11) is 3.34. The number of hydrogen-bond donors (Lipinski definition) is 2. The zero-order chi connectivity index (χ0) is 13.9. The summed E-state index contributed by atoms with van der Waals surface area (Å²) < 4.78 is 10.3. The van der Waals surface area contributed by atoms with Crippen LogP contribution in [0.15, 0.2) is 23.3 Å². The lowest BCUT2D eigenvalue weighted by molar-refractivity contribution is 0.152. The maximum Gasteiger partial charge on any atom is 0.213 e. The standard InChI is InChI=1S/C13H22N4O2.HI/c1-4-19-8-7-16-13(14-2)17-10-11-5-6-15-12(9-11)18-3;/h5-6,9H,4,7-8,10H2,1-3H3,(H2,14,16,17);1H. The molecule has 7 heteroatoms. The minimum Gasteiger partial charge on any atom is -0.481 e. The molecule has 20 heavy (non-hydrogen) atoms. The Morgan fingerprint density at radius 1 is 1.40 bits per heavy atom. The van der Waals surface area contributed by atoms with Gasteiger partial charge in [0.1, 0.15) is 0 Å². The molecule has 0 unspecified atom stereocenters. The summed E-state index contributed by atoms with van der Waals surface area (Å²) in [5.41, 5.74) is 1.08. The molecule has 2 N–H and O–H groups in total. The van der Waals surface area contributed by atoms with Gasteiger partial charge in [-0.15, -0.1) is 24.0 Å². The number of nitrogens with zero attached hydrogens (tertiary/aromatic N) is 2. The Bertz CT molecular complexity index is 402. The topological polar surface area (TPSA) is 67.8 Å². The number of guanidine groups is 1. The molecule has 0 aliphatic heterocycles. The lowest BCUT2D eigenvalue weighted by atomic mass is 10.2. The van der Waals surface area contributed by atoms with Crippen LogP contribution < -0.4 is 15.4 Å². The monoisotopic (exact) mass is 394 g/mol. The van der Waals surface area contributed by atoms with Crippen molar-refractivity contribution in [3.05, 3.63) is 23.9 Å². The molecule has 114 valence electrons. The average Bonchev–Trinajstić information content (AvgIpc) is 2.47. The molecule has 0 aromatic carbocycles. The van der Waals surface area contributed by atoms with Crippen molar-refractivity contribution in [3.63, 3.8) is 0 Å². The molecule has 0 aliphatic rings. The third-order valence-electron chi connectivity index (χ3n) is 2.43. The van der Waals surface area contributed by atoms with Crippen LogP contribution in [-0.2, 0) is 11.3 Å². The van der Waals surface area contributed by atoms with Gasteiger partial charge in [-0.2, -0.15) is 0 Å². The minimum atomic E-state index is 0. The van der Waals surface area contributed by atoms with Gasteiger partial charge in [0.2, 0.25) is 5.88 Å². The van der Waals surface area contributed by atoms with Crippen LogP contribution in [-0.4, -0.2) is 44.9 Å². The van der Waals surface area contributed by atoms with Crippen LogP contribution in [0.2, 0.25) is 0 Å². The Hall–Kier alpha value is -1.09. The zero-order valence-corrected chi connectivity index (χ0v) is 14.5. The second kappa shape index (κ2) is 11.7. The molecule has 0 fully saturated rings. The van der Waals surface area contributed by atoms with Crippen LogP contribution in [0.1, 0.15) is 12.5 Å². The van der Waals surface area contributed by atoms with Gasteiger partial charge < -0.3 is 20.1 Å². The molecule has 1 aromatic rings. The first-order chi connectivity index (χ1) is 9.30. The van der Waals surface area contributed by atoms with E-state index in [0.29, 0.717) is 19.0 Å². The van der Waals surface area contributed by atoms with E-state index in [1.807, 2.05) is 19.1 Å². The molecule has 0 spiro atoms. The molecule has 0 bridgehead atoms. The fraction of sp³-hybridized carbons (Fsp3) is 0.538. The second-order valence-electron chi connectivity index (χ2n) is 3.76. The summed E-state index contributed by atoms with van der Waals surface area (Å²) in [5, 5.41) is 6.38. The van der Waals surface area contributed by atoms with E-state index in [0.717, 1.165) is 24.7 Å². The van der Waals surface area contributed by atoms with Gasteiger partial charge in [0.25, 0.3) is 0 Å². The van der Waals surface area contributed by atoms with Crippen molar-refractivity contribution < 1.29 is 9.47 Å². The summed E-state index contributed by atoms with van der Waals surface area (Å²) in [4.78, 5) is 8.20. The Morgan fingerprint density at radius 2 is 2.20 bits per heavy atom.